The van der Waals surface area contributed by atoms with Crippen molar-refractivity contribution in [3.63, 3.8) is 0 Å². The SMILES string of the molecule is CC1(C2CC3[B]C(CCC3)C2)CC[C@H]2CC1C2(C)C. The van der Waals surface area contributed by atoms with Crippen LogP contribution < -0.4 is 0 Å². The van der Waals surface area contributed by atoms with Crippen molar-refractivity contribution in [2.75, 3.05) is 0 Å². The summed E-state index contributed by atoms with van der Waals surface area (Å²) >= 11 is 0. The first-order valence-corrected chi connectivity index (χ1v) is 8.85. The Bertz CT molecular complexity index is 360. The fourth-order valence-corrected chi connectivity index (χ4v) is 6.75. The number of hydrogen-bond donors (Lipinski definition) is 0. The average Bonchev–Trinajstić information content (AvgIpc) is 2.38. The lowest BCUT2D eigenvalue weighted by Crippen LogP contribution is -2.59. The Morgan fingerprint density at radius 3 is 2.11 bits per heavy atom. The van der Waals surface area contributed by atoms with Crippen LogP contribution in [-0.2, 0) is 0 Å². The molecule has 5 fully saturated rings. The summed E-state index contributed by atoms with van der Waals surface area (Å²) in [5.41, 5.74) is 1.34. The van der Waals surface area contributed by atoms with E-state index in [4.69, 9.17) is 0 Å². The summed E-state index contributed by atoms with van der Waals surface area (Å²) in [5.74, 6) is 5.09. The van der Waals surface area contributed by atoms with Crippen molar-refractivity contribution in [1.29, 1.82) is 0 Å². The van der Waals surface area contributed by atoms with Crippen LogP contribution in [-0.4, -0.2) is 7.28 Å². The Kier molecular flexibility index (Phi) is 2.72. The summed E-state index contributed by atoms with van der Waals surface area (Å²) in [6.07, 6.45) is 12.2. The van der Waals surface area contributed by atoms with Gasteiger partial charge in [-0.1, -0.05) is 64.5 Å². The minimum atomic E-state index is 0.656. The largest absolute Gasteiger partial charge is 0.117 e. The number of fused-ring (bicyclic) bond motifs is 4. The minimum absolute atomic E-state index is 0.656. The van der Waals surface area contributed by atoms with E-state index in [9.17, 15) is 0 Å². The lowest BCUT2D eigenvalue weighted by molar-refractivity contribution is -0.175. The molecule has 5 atom stereocenters. The second-order valence-electron chi connectivity index (χ2n) is 9.16. The maximum atomic E-state index is 2.74. The molecule has 2 aliphatic heterocycles. The van der Waals surface area contributed by atoms with Crippen molar-refractivity contribution in [2.24, 2.45) is 28.6 Å². The van der Waals surface area contributed by atoms with E-state index >= 15 is 0 Å². The molecule has 5 aliphatic rings. The molecule has 2 saturated heterocycles. The Hall–Kier alpha value is 0.0649. The zero-order valence-corrected chi connectivity index (χ0v) is 13.1. The van der Waals surface area contributed by atoms with Crippen LogP contribution in [0.25, 0.3) is 0 Å². The molecule has 0 spiro atoms. The third-order valence-corrected chi connectivity index (χ3v) is 8.10. The van der Waals surface area contributed by atoms with Crippen molar-refractivity contribution >= 4 is 7.28 Å². The molecule has 105 valence electrons. The smallest absolute Gasteiger partial charge is 0.0683 e. The highest BCUT2D eigenvalue weighted by molar-refractivity contribution is 6.40. The van der Waals surface area contributed by atoms with Crippen LogP contribution in [0.4, 0.5) is 0 Å². The average molecular weight is 257 g/mol. The summed E-state index contributed by atoms with van der Waals surface area (Å²) in [6, 6.07) is 0. The van der Waals surface area contributed by atoms with Gasteiger partial charge in [0.15, 0.2) is 0 Å². The molecule has 0 nitrogen and oxygen atoms in total. The van der Waals surface area contributed by atoms with Crippen molar-refractivity contribution in [2.45, 2.75) is 83.8 Å². The van der Waals surface area contributed by atoms with Crippen LogP contribution in [0.5, 0.6) is 0 Å². The van der Waals surface area contributed by atoms with Crippen LogP contribution in [0.1, 0.15) is 72.1 Å². The lowest BCUT2D eigenvalue weighted by Gasteiger charge is -2.67. The van der Waals surface area contributed by atoms with Crippen molar-refractivity contribution in [3.05, 3.63) is 0 Å². The molecule has 0 aromatic carbocycles. The quantitative estimate of drug-likeness (QED) is 0.557. The first-order chi connectivity index (χ1) is 9.00. The van der Waals surface area contributed by atoms with Crippen LogP contribution in [0.3, 0.4) is 0 Å². The van der Waals surface area contributed by atoms with Gasteiger partial charge in [0, 0.05) is 0 Å². The highest BCUT2D eigenvalue weighted by Gasteiger charge is 2.61. The van der Waals surface area contributed by atoms with E-state index in [0.717, 1.165) is 29.4 Å². The van der Waals surface area contributed by atoms with E-state index in [0.29, 0.717) is 10.8 Å². The molecular formula is C18H30B. The maximum absolute atomic E-state index is 2.74. The third kappa shape index (κ3) is 1.72. The Morgan fingerprint density at radius 2 is 1.53 bits per heavy atom. The van der Waals surface area contributed by atoms with Crippen LogP contribution in [0, 0.1) is 28.6 Å². The van der Waals surface area contributed by atoms with Gasteiger partial charge in [-0.3, -0.25) is 0 Å². The molecule has 0 aromatic heterocycles. The zero-order valence-electron chi connectivity index (χ0n) is 13.1. The molecule has 2 heterocycles. The molecule has 4 bridgehead atoms. The molecule has 3 aliphatic carbocycles. The predicted octanol–water partition coefficient (Wildman–Crippen LogP) is 5.32. The van der Waals surface area contributed by atoms with E-state index in [-0.39, 0.29) is 0 Å². The lowest BCUT2D eigenvalue weighted by atomic mass is 9.34. The standard InChI is InChI=1S/C18H30B/c1-17(2)12-7-8-18(3,16(17)11-12)13-9-14-5-4-6-15(10-13)19-14/h12-16H,4-11H2,1-3H3/t12-,13?,14?,15?,16?,18?/m0/s1. The van der Waals surface area contributed by atoms with Crippen molar-refractivity contribution < 1.29 is 0 Å². The fourth-order valence-electron chi connectivity index (χ4n) is 6.75. The van der Waals surface area contributed by atoms with Gasteiger partial charge in [0.1, 0.15) is 7.28 Å². The summed E-state index contributed by atoms with van der Waals surface area (Å²) < 4.78 is 0. The van der Waals surface area contributed by atoms with E-state index in [1.807, 2.05) is 0 Å². The Balaban J connectivity index is 1.57. The second-order valence-corrected chi connectivity index (χ2v) is 9.16. The molecule has 0 aromatic rings. The first-order valence-electron chi connectivity index (χ1n) is 8.85. The second kappa shape index (κ2) is 4.04. The number of hydrogen-bond acceptors (Lipinski definition) is 0. The molecule has 3 saturated carbocycles. The highest BCUT2D eigenvalue weighted by atomic mass is 14.7. The summed E-state index contributed by atoms with van der Waals surface area (Å²) in [6.45, 7) is 7.82. The van der Waals surface area contributed by atoms with Gasteiger partial charge in [0.25, 0.3) is 0 Å². The Labute approximate surface area is 120 Å². The van der Waals surface area contributed by atoms with Gasteiger partial charge in [0.05, 0.1) is 0 Å². The molecular weight excluding hydrogens is 227 g/mol. The molecule has 5 rings (SSSR count). The van der Waals surface area contributed by atoms with Crippen molar-refractivity contribution in [3.8, 4) is 0 Å². The van der Waals surface area contributed by atoms with Gasteiger partial charge in [-0.25, -0.2) is 0 Å². The fraction of sp³-hybridized carbons (Fsp3) is 1.00. The molecule has 0 N–H and O–H groups in total. The Morgan fingerprint density at radius 1 is 0.842 bits per heavy atom. The molecule has 1 heteroatoms. The maximum Gasteiger partial charge on any atom is 0.117 e. The molecule has 4 unspecified atom stereocenters. The van der Waals surface area contributed by atoms with E-state index in [1.165, 1.54) is 44.9 Å². The van der Waals surface area contributed by atoms with Crippen LogP contribution >= 0.6 is 0 Å². The van der Waals surface area contributed by atoms with E-state index < -0.39 is 0 Å². The van der Waals surface area contributed by atoms with Crippen molar-refractivity contribution in [1.82, 2.24) is 0 Å². The van der Waals surface area contributed by atoms with E-state index in [1.54, 1.807) is 6.42 Å². The zero-order chi connectivity index (χ0) is 13.3. The van der Waals surface area contributed by atoms with Gasteiger partial charge in [-0.2, -0.15) is 0 Å². The van der Waals surface area contributed by atoms with Crippen LogP contribution in [0.2, 0.25) is 11.6 Å². The summed E-state index contributed by atoms with van der Waals surface area (Å²) in [4.78, 5) is 0. The van der Waals surface area contributed by atoms with Gasteiger partial charge < -0.3 is 0 Å². The van der Waals surface area contributed by atoms with Gasteiger partial charge in [-0.15, -0.1) is 0 Å². The normalized spacial score (nSPS) is 55.0. The third-order valence-electron chi connectivity index (χ3n) is 8.10. The molecule has 0 amide bonds. The molecule has 19 heavy (non-hydrogen) atoms. The monoisotopic (exact) mass is 257 g/mol. The predicted molar refractivity (Wildman–Crippen MR) is 82.5 cm³/mol. The summed E-state index contributed by atoms with van der Waals surface area (Å²) in [7, 11) is 2.74. The summed E-state index contributed by atoms with van der Waals surface area (Å²) in [5, 5.41) is 0. The minimum Gasteiger partial charge on any atom is -0.0683 e. The van der Waals surface area contributed by atoms with Gasteiger partial charge in [0.2, 0.25) is 0 Å². The molecule has 1 radical (unpaired) electrons. The topological polar surface area (TPSA) is 0 Å². The van der Waals surface area contributed by atoms with Crippen LogP contribution in [0.15, 0.2) is 0 Å². The van der Waals surface area contributed by atoms with E-state index in [2.05, 4.69) is 28.1 Å². The van der Waals surface area contributed by atoms with Gasteiger partial charge in [-0.05, 0) is 47.8 Å². The first kappa shape index (κ1) is 12.8. The number of rotatable bonds is 1. The highest BCUT2D eigenvalue weighted by Crippen LogP contribution is 2.70. The van der Waals surface area contributed by atoms with Gasteiger partial charge >= 0.3 is 0 Å².